The van der Waals surface area contributed by atoms with Gasteiger partial charge in [-0.3, -0.25) is 0 Å². The molecular weight excluding hydrogens is 607 g/mol. The second-order valence-electron chi connectivity index (χ2n) is 12.8. The second-order valence-corrected chi connectivity index (χ2v) is 12.8. The highest BCUT2D eigenvalue weighted by atomic mass is 15.0. The average molecular weight is 640 g/mol. The number of hydrogen-bond acceptors (Lipinski definition) is 2. The molecule has 3 nitrogen and oxygen atoms in total. The van der Waals surface area contributed by atoms with Crippen molar-refractivity contribution in [1.29, 1.82) is 0 Å². The molecule has 2 aromatic heterocycles. The minimum atomic E-state index is 0.708. The van der Waals surface area contributed by atoms with E-state index in [4.69, 9.17) is 9.97 Å². The molecule has 0 aliphatic carbocycles. The Bertz CT molecular complexity index is 2560. The molecule has 50 heavy (non-hydrogen) atoms. The van der Waals surface area contributed by atoms with Crippen LogP contribution in [0.3, 0.4) is 0 Å². The Balaban J connectivity index is 1.20. The average Bonchev–Trinajstić information content (AvgIpc) is 3.52. The summed E-state index contributed by atoms with van der Waals surface area (Å²) in [7, 11) is 0. The van der Waals surface area contributed by atoms with Gasteiger partial charge in [-0.05, 0) is 83.8 Å². The number of benzene rings is 7. The van der Waals surface area contributed by atoms with Crippen LogP contribution in [0.15, 0.2) is 182 Å². The van der Waals surface area contributed by atoms with Crippen LogP contribution < -0.4 is 0 Å². The van der Waals surface area contributed by atoms with Gasteiger partial charge in [-0.2, -0.15) is 0 Å². The standard InChI is InChI=1S/C47H33N3/c1-32-21-26-46-42(27-32)41-19-11-12-20-45(41)50(46)40-24-22-34(23-25-40)38-28-37(33-13-5-2-6-14-33)29-39(30-38)44-31-43(35-15-7-3-8-16-35)48-47(49-44)36-17-9-4-10-18-36/h2-31H,1H3. The van der Waals surface area contributed by atoms with Gasteiger partial charge >= 0.3 is 0 Å². The lowest BCUT2D eigenvalue weighted by molar-refractivity contribution is 1.18. The fourth-order valence-corrected chi connectivity index (χ4v) is 6.98. The first-order valence-electron chi connectivity index (χ1n) is 17.0. The van der Waals surface area contributed by atoms with Gasteiger partial charge in [0.15, 0.2) is 5.82 Å². The highest BCUT2D eigenvalue weighted by Crippen LogP contribution is 2.36. The molecule has 0 spiro atoms. The van der Waals surface area contributed by atoms with Gasteiger partial charge in [0.05, 0.1) is 22.4 Å². The molecule has 0 fully saturated rings. The molecule has 0 atom stereocenters. The number of aryl methyl sites for hydroxylation is 1. The molecule has 2 heterocycles. The highest BCUT2D eigenvalue weighted by Gasteiger charge is 2.15. The minimum absolute atomic E-state index is 0.708. The van der Waals surface area contributed by atoms with Crippen molar-refractivity contribution in [1.82, 2.24) is 14.5 Å². The Labute approximate surface area is 291 Å². The Kier molecular flexibility index (Phi) is 7.37. The smallest absolute Gasteiger partial charge is 0.160 e. The predicted molar refractivity (Wildman–Crippen MR) is 208 cm³/mol. The molecule has 0 aliphatic heterocycles. The largest absolute Gasteiger partial charge is 0.309 e. The van der Waals surface area contributed by atoms with Crippen molar-refractivity contribution in [2.45, 2.75) is 6.92 Å². The first kappa shape index (κ1) is 29.6. The van der Waals surface area contributed by atoms with E-state index in [-0.39, 0.29) is 0 Å². The zero-order valence-corrected chi connectivity index (χ0v) is 27.7. The summed E-state index contributed by atoms with van der Waals surface area (Å²) in [5, 5.41) is 2.55. The lowest BCUT2D eigenvalue weighted by Crippen LogP contribution is -1.96. The maximum Gasteiger partial charge on any atom is 0.160 e. The van der Waals surface area contributed by atoms with E-state index in [1.165, 1.54) is 27.4 Å². The van der Waals surface area contributed by atoms with Crippen LogP contribution in [0.5, 0.6) is 0 Å². The van der Waals surface area contributed by atoms with E-state index in [0.29, 0.717) is 5.82 Å². The summed E-state index contributed by atoms with van der Waals surface area (Å²) in [4.78, 5) is 10.2. The number of aromatic nitrogens is 3. The molecule has 7 aromatic carbocycles. The summed E-state index contributed by atoms with van der Waals surface area (Å²) in [6.45, 7) is 2.16. The van der Waals surface area contributed by atoms with Crippen LogP contribution in [0.1, 0.15) is 5.56 Å². The summed E-state index contributed by atoms with van der Waals surface area (Å²) in [5.74, 6) is 0.708. The van der Waals surface area contributed by atoms with E-state index < -0.39 is 0 Å². The Morgan fingerprint density at radius 2 is 0.880 bits per heavy atom. The van der Waals surface area contributed by atoms with E-state index in [0.717, 1.165) is 56.0 Å². The topological polar surface area (TPSA) is 30.7 Å². The third-order valence-corrected chi connectivity index (χ3v) is 9.45. The summed E-state index contributed by atoms with van der Waals surface area (Å²) in [6.07, 6.45) is 0. The molecular formula is C47H33N3. The predicted octanol–water partition coefficient (Wildman–Crippen LogP) is 12.2. The van der Waals surface area contributed by atoms with Crippen LogP contribution in [0, 0.1) is 6.92 Å². The molecule has 0 unspecified atom stereocenters. The summed E-state index contributed by atoms with van der Waals surface area (Å²) < 4.78 is 2.37. The van der Waals surface area contributed by atoms with E-state index in [1.807, 2.05) is 24.3 Å². The monoisotopic (exact) mass is 639 g/mol. The van der Waals surface area contributed by atoms with Crippen molar-refractivity contribution in [3.63, 3.8) is 0 Å². The van der Waals surface area contributed by atoms with Crippen molar-refractivity contribution < 1.29 is 0 Å². The molecule has 0 aliphatic rings. The zero-order chi connectivity index (χ0) is 33.4. The number of nitrogens with zero attached hydrogens (tertiary/aromatic N) is 3. The fourth-order valence-electron chi connectivity index (χ4n) is 6.98. The molecule has 236 valence electrons. The van der Waals surface area contributed by atoms with Gasteiger partial charge in [0.2, 0.25) is 0 Å². The van der Waals surface area contributed by atoms with Gasteiger partial charge in [0.25, 0.3) is 0 Å². The van der Waals surface area contributed by atoms with E-state index in [1.54, 1.807) is 0 Å². The molecule has 9 rings (SSSR count). The van der Waals surface area contributed by atoms with Crippen LogP contribution in [-0.4, -0.2) is 14.5 Å². The maximum atomic E-state index is 5.17. The Morgan fingerprint density at radius 3 is 1.56 bits per heavy atom. The minimum Gasteiger partial charge on any atom is -0.309 e. The first-order chi connectivity index (χ1) is 24.7. The fraction of sp³-hybridized carbons (Fsp3) is 0.0213. The molecule has 0 saturated heterocycles. The molecule has 0 saturated carbocycles. The quantitative estimate of drug-likeness (QED) is 0.181. The maximum absolute atomic E-state index is 5.17. The van der Waals surface area contributed by atoms with E-state index in [2.05, 4.69) is 169 Å². The van der Waals surface area contributed by atoms with Gasteiger partial charge < -0.3 is 4.57 Å². The first-order valence-corrected chi connectivity index (χ1v) is 17.0. The van der Waals surface area contributed by atoms with Gasteiger partial charge in [-0.15, -0.1) is 0 Å². The van der Waals surface area contributed by atoms with E-state index in [9.17, 15) is 0 Å². The molecule has 0 radical (unpaired) electrons. The molecule has 3 heteroatoms. The number of hydrogen-bond donors (Lipinski definition) is 0. The summed E-state index contributed by atoms with van der Waals surface area (Å²) in [6, 6.07) is 64.4. The van der Waals surface area contributed by atoms with Crippen LogP contribution in [0.2, 0.25) is 0 Å². The highest BCUT2D eigenvalue weighted by molar-refractivity contribution is 6.09. The zero-order valence-electron chi connectivity index (χ0n) is 27.7. The van der Waals surface area contributed by atoms with Crippen molar-refractivity contribution >= 4 is 21.8 Å². The third-order valence-electron chi connectivity index (χ3n) is 9.45. The number of para-hydroxylation sites is 1. The summed E-state index contributed by atoms with van der Waals surface area (Å²) in [5.41, 5.74) is 14.3. The van der Waals surface area contributed by atoms with Crippen LogP contribution in [0.25, 0.3) is 83.6 Å². The van der Waals surface area contributed by atoms with Crippen LogP contribution in [-0.2, 0) is 0 Å². The van der Waals surface area contributed by atoms with Crippen LogP contribution in [0.4, 0.5) is 0 Å². The van der Waals surface area contributed by atoms with Crippen LogP contribution >= 0.6 is 0 Å². The van der Waals surface area contributed by atoms with Gasteiger partial charge in [-0.25, -0.2) is 9.97 Å². The van der Waals surface area contributed by atoms with Gasteiger partial charge in [0.1, 0.15) is 0 Å². The van der Waals surface area contributed by atoms with Gasteiger partial charge in [0, 0.05) is 33.2 Å². The third kappa shape index (κ3) is 5.45. The normalized spacial score (nSPS) is 11.3. The second kappa shape index (κ2) is 12.5. The molecule has 9 aromatic rings. The van der Waals surface area contributed by atoms with Crippen molar-refractivity contribution in [3.8, 4) is 61.8 Å². The molecule has 0 bridgehead atoms. The van der Waals surface area contributed by atoms with E-state index >= 15 is 0 Å². The Hall–Kier alpha value is -6.58. The summed E-state index contributed by atoms with van der Waals surface area (Å²) >= 11 is 0. The number of rotatable bonds is 6. The van der Waals surface area contributed by atoms with Gasteiger partial charge in [-0.1, -0.05) is 133 Å². The molecule has 0 N–H and O–H groups in total. The number of fused-ring (bicyclic) bond motifs is 3. The van der Waals surface area contributed by atoms with Crippen molar-refractivity contribution in [3.05, 3.63) is 188 Å². The lowest BCUT2D eigenvalue weighted by Gasteiger charge is -2.14. The molecule has 0 amide bonds. The van der Waals surface area contributed by atoms with Crippen molar-refractivity contribution in [2.24, 2.45) is 0 Å². The Morgan fingerprint density at radius 1 is 0.360 bits per heavy atom. The van der Waals surface area contributed by atoms with Crippen molar-refractivity contribution in [2.75, 3.05) is 0 Å². The lowest BCUT2D eigenvalue weighted by atomic mass is 9.94. The SMILES string of the molecule is Cc1ccc2c(c1)c1ccccc1n2-c1ccc(-c2cc(-c3ccccc3)cc(-c3cc(-c4ccccc4)nc(-c4ccccc4)n3)c2)cc1.